The topological polar surface area (TPSA) is 18.5 Å². The van der Waals surface area contributed by atoms with Crippen LogP contribution in [0.3, 0.4) is 0 Å². The van der Waals surface area contributed by atoms with Crippen LogP contribution in [0.25, 0.3) is 0 Å². The number of anilines is 1. The molecular weight excluding hydrogens is 326 g/mol. The van der Waals surface area contributed by atoms with Crippen molar-refractivity contribution in [2.24, 2.45) is 5.92 Å². The van der Waals surface area contributed by atoms with E-state index in [-0.39, 0.29) is 0 Å². The Bertz CT molecular complexity index is 440. The van der Waals surface area contributed by atoms with Gasteiger partial charge in [-0.15, -0.1) is 0 Å². The number of nitrogens with one attached hydrogen (secondary N) is 1. The van der Waals surface area contributed by atoms with Gasteiger partial charge in [0.2, 0.25) is 0 Å². The molecule has 0 spiro atoms. The number of hydrogen-bond donors (Lipinski definition) is 1. The molecule has 0 unspecified atom stereocenters. The lowest BCUT2D eigenvalue weighted by atomic mass is 10.1. The summed E-state index contributed by atoms with van der Waals surface area (Å²) in [6.07, 6.45) is 0. The molecule has 0 saturated carbocycles. The van der Waals surface area contributed by atoms with Crippen molar-refractivity contribution in [1.29, 1.82) is 0 Å². The van der Waals surface area contributed by atoms with Gasteiger partial charge >= 0.3 is 0 Å². The van der Waals surface area contributed by atoms with Gasteiger partial charge in [0, 0.05) is 49.4 Å². The summed E-state index contributed by atoms with van der Waals surface area (Å²) in [7, 11) is 0. The highest BCUT2D eigenvalue weighted by Crippen LogP contribution is 2.25. The molecule has 1 aliphatic rings. The van der Waals surface area contributed by atoms with E-state index in [1.54, 1.807) is 0 Å². The summed E-state index contributed by atoms with van der Waals surface area (Å²) in [6.45, 7) is 14.5. The molecule has 0 radical (unpaired) electrons. The van der Waals surface area contributed by atoms with Crippen molar-refractivity contribution < 1.29 is 0 Å². The molecule has 118 valence electrons. The van der Waals surface area contributed by atoms with Gasteiger partial charge in [0.05, 0.1) is 0 Å². The third kappa shape index (κ3) is 4.97. The maximum Gasteiger partial charge on any atom is 0.0378 e. The molecule has 1 N–H and O–H groups in total. The van der Waals surface area contributed by atoms with Crippen LogP contribution in [0.15, 0.2) is 22.7 Å². The van der Waals surface area contributed by atoms with E-state index in [2.05, 4.69) is 70.0 Å². The fourth-order valence-corrected chi connectivity index (χ4v) is 3.35. The summed E-state index contributed by atoms with van der Waals surface area (Å²) in [5.74, 6) is 0.760. The van der Waals surface area contributed by atoms with E-state index in [4.69, 9.17) is 0 Å². The van der Waals surface area contributed by atoms with Gasteiger partial charge in [-0.3, -0.25) is 4.90 Å². The van der Waals surface area contributed by atoms with Crippen LogP contribution >= 0.6 is 15.9 Å². The number of hydrogen-bond acceptors (Lipinski definition) is 3. The molecule has 0 bridgehead atoms. The predicted octanol–water partition coefficient (Wildman–Crippen LogP) is 3.34. The van der Waals surface area contributed by atoms with Crippen molar-refractivity contribution in [2.75, 3.05) is 44.2 Å². The lowest BCUT2D eigenvalue weighted by Crippen LogP contribution is -2.47. The van der Waals surface area contributed by atoms with Crippen molar-refractivity contribution in [3.8, 4) is 0 Å². The van der Waals surface area contributed by atoms with Crippen LogP contribution in [0.1, 0.15) is 26.3 Å². The SMILES string of the molecule is CCNCc1ccc(N2CCN(CC(C)C)CC2)cc1Br. The fourth-order valence-electron chi connectivity index (χ4n) is 2.84. The zero-order valence-electron chi connectivity index (χ0n) is 13.5. The van der Waals surface area contributed by atoms with Crippen molar-refractivity contribution in [3.63, 3.8) is 0 Å². The van der Waals surface area contributed by atoms with Crippen LogP contribution in [-0.4, -0.2) is 44.2 Å². The summed E-state index contributed by atoms with van der Waals surface area (Å²) in [6, 6.07) is 6.77. The zero-order valence-corrected chi connectivity index (χ0v) is 15.1. The van der Waals surface area contributed by atoms with Gasteiger partial charge in [-0.2, -0.15) is 0 Å². The molecule has 1 aromatic carbocycles. The van der Waals surface area contributed by atoms with Gasteiger partial charge in [-0.05, 0) is 30.2 Å². The Labute approximate surface area is 137 Å². The fraction of sp³-hybridized carbons (Fsp3) is 0.647. The lowest BCUT2D eigenvalue weighted by molar-refractivity contribution is 0.231. The highest BCUT2D eigenvalue weighted by molar-refractivity contribution is 9.10. The van der Waals surface area contributed by atoms with E-state index >= 15 is 0 Å². The van der Waals surface area contributed by atoms with E-state index in [0.29, 0.717) is 0 Å². The number of benzene rings is 1. The molecular formula is C17H28BrN3. The number of halogens is 1. The summed E-state index contributed by atoms with van der Waals surface area (Å²) >= 11 is 3.71. The highest BCUT2D eigenvalue weighted by atomic mass is 79.9. The number of rotatable bonds is 6. The molecule has 2 rings (SSSR count). The van der Waals surface area contributed by atoms with Crippen LogP contribution < -0.4 is 10.2 Å². The van der Waals surface area contributed by atoms with Crippen LogP contribution in [0, 0.1) is 5.92 Å². The average Bonchev–Trinajstić information content (AvgIpc) is 2.46. The van der Waals surface area contributed by atoms with E-state index in [9.17, 15) is 0 Å². The smallest absolute Gasteiger partial charge is 0.0378 e. The first-order valence-corrected chi connectivity index (χ1v) is 8.86. The van der Waals surface area contributed by atoms with E-state index in [1.807, 2.05) is 0 Å². The Kier molecular flexibility index (Phi) is 6.52. The Morgan fingerprint density at radius 3 is 2.48 bits per heavy atom. The zero-order chi connectivity index (χ0) is 15.2. The first-order valence-electron chi connectivity index (χ1n) is 8.06. The third-order valence-corrected chi connectivity index (χ3v) is 4.70. The van der Waals surface area contributed by atoms with Crippen molar-refractivity contribution in [2.45, 2.75) is 27.3 Å². The van der Waals surface area contributed by atoms with Gasteiger partial charge in [-0.1, -0.05) is 42.8 Å². The summed E-state index contributed by atoms with van der Waals surface area (Å²) in [5.41, 5.74) is 2.67. The van der Waals surface area contributed by atoms with Crippen molar-refractivity contribution in [3.05, 3.63) is 28.2 Å². The predicted molar refractivity (Wildman–Crippen MR) is 95.0 cm³/mol. The maximum atomic E-state index is 3.71. The third-order valence-electron chi connectivity index (χ3n) is 3.96. The maximum absolute atomic E-state index is 3.71. The quantitative estimate of drug-likeness (QED) is 0.845. The average molecular weight is 354 g/mol. The van der Waals surface area contributed by atoms with E-state index in [1.165, 1.54) is 35.4 Å². The Morgan fingerprint density at radius 1 is 1.19 bits per heavy atom. The van der Waals surface area contributed by atoms with Crippen LogP contribution in [0.4, 0.5) is 5.69 Å². The molecule has 1 aliphatic heterocycles. The van der Waals surface area contributed by atoms with Gasteiger partial charge < -0.3 is 10.2 Å². The highest BCUT2D eigenvalue weighted by Gasteiger charge is 2.18. The van der Waals surface area contributed by atoms with Gasteiger partial charge in [0.15, 0.2) is 0 Å². The second kappa shape index (κ2) is 8.16. The second-order valence-corrected chi connectivity index (χ2v) is 7.09. The first-order chi connectivity index (χ1) is 10.1. The van der Waals surface area contributed by atoms with Crippen molar-refractivity contribution in [1.82, 2.24) is 10.2 Å². The van der Waals surface area contributed by atoms with E-state index in [0.717, 1.165) is 32.1 Å². The molecule has 0 atom stereocenters. The number of piperazine rings is 1. The first kappa shape index (κ1) is 16.8. The molecule has 0 aromatic heterocycles. The largest absolute Gasteiger partial charge is 0.369 e. The van der Waals surface area contributed by atoms with Gasteiger partial charge in [-0.25, -0.2) is 0 Å². The minimum absolute atomic E-state index is 0.760. The van der Waals surface area contributed by atoms with Crippen LogP contribution in [-0.2, 0) is 6.54 Å². The van der Waals surface area contributed by atoms with Crippen molar-refractivity contribution >= 4 is 21.6 Å². The molecule has 3 nitrogen and oxygen atoms in total. The molecule has 0 amide bonds. The van der Waals surface area contributed by atoms with Gasteiger partial charge in [0.1, 0.15) is 0 Å². The molecule has 4 heteroatoms. The normalized spacial score (nSPS) is 16.7. The van der Waals surface area contributed by atoms with E-state index < -0.39 is 0 Å². The minimum Gasteiger partial charge on any atom is -0.369 e. The Hall–Kier alpha value is -0.580. The summed E-state index contributed by atoms with van der Waals surface area (Å²) < 4.78 is 1.21. The Morgan fingerprint density at radius 2 is 1.90 bits per heavy atom. The summed E-state index contributed by atoms with van der Waals surface area (Å²) in [4.78, 5) is 5.08. The number of nitrogens with zero attached hydrogens (tertiary/aromatic N) is 2. The molecule has 0 aliphatic carbocycles. The molecule has 1 fully saturated rings. The minimum atomic E-state index is 0.760. The van der Waals surface area contributed by atoms with Gasteiger partial charge in [0.25, 0.3) is 0 Å². The monoisotopic (exact) mass is 353 g/mol. The Balaban J connectivity index is 1.92. The molecule has 1 saturated heterocycles. The molecule has 21 heavy (non-hydrogen) atoms. The molecule has 1 aromatic rings. The standard InChI is InChI=1S/C17H28BrN3/c1-4-19-12-15-5-6-16(11-17(15)18)21-9-7-20(8-10-21)13-14(2)3/h5-6,11,14,19H,4,7-10,12-13H2,1-3H3. The second-order valence-electron chi connectivity index (χ2n) is 6.24. The van der Waals surface area contributed by atoms with Crippen LogP contribution in [0.5, 0.6) is 0 Å². The molecule has 1 heterocycles. The van der Waals surface area contributed by atoms with Crippen LogP contribution in [0.2, 0.25) is 0 Å². The lowest BCUT2D eigenvalue weighted by Gasteiger charge is -2.37. The summed E-state index contributed by atoms with van der Waals surface area (Å²) in [5, 5.41) is 3.38.